The SMILES string of the molecule is Cc1ccc2nc(SCC(=O)N(CCC#N)CCC#N)[nH]c2c1. The Balaban J connectivity index is 1.97. The number of nitrogens with one attached hydrogen (secondary N) is 1. The van der Waals surface area contributed by atoms with Gasteiger partial charge < -0.3 is 9.88 Å². The van der Waals surface area contributed by atoms with Crippen LogP contribution in [0, 0.1) is 29.6 Å². The first-order valence-corrected chi connectivity index (χ1v) is 8.23. The van der Waals surface area contributed by atoms with Gasteiger partial charge in [0.05, 0.1) is 41.8 Å². The Morgan fingerprint density at radius 2 is 2.00 bits per heavy atom. The maximum atomic E-state index is 12.2. The van der Waals surface area contributed by atoms with E-state index in [0.29, 0.717) is 18.2 Å². The monoisotopic (exact) mass is 327 g/mol. The minimum absolute atomic E-state index is 0.0860. The third kappa shape index (κ3) is 4.73. The fourth-order valence-corrected chi connectivity index (χ4v) is 2.91. The number of amides is 1. The Morgan fingerprint density at radius 1 is 1.30 bits per heavy atom. The molecule has 6 nitrogen and oxygen atoms in total. The summed E-state index contributed by atoms with van der Waals surface area (Å²) < 4.78 is 0. The average Bonchev–Trinajstić information content (AvgIpc) is 2.94. The molecule has 7 heteroatoms. The van der Waals surface area contributed by atoms with E-state index in [2.05, 4.69) is 9.97 Å². The normalized spacial score (nSPS) is 10.2. The van der Waals surface area contributed by atoms with Crippen molar-refractivity contribution in [2.45, 2.75) is 24.9 Å². The summed E-state index contributed by atoms with van der Waals surface area (Å²) in [5.74, 6) is 0.146. The zero-order valence-corrected chi connectivity index (χ0v) is 13.7. The molecule has 118 valence electrons. The van der Waals surface area contributed by atoms with Crippen molar-refractivity contribution >= 4 is 28.7 Å². The first-order valence-electron chi connectivity index (χ1n) is 7.25. The minimum atomic E-state index is -0.0860. The van der Waals surface area contributed by atoms with Gasteiger partial charge in [-0.2, -0.15) is 10.5 Å². The van der Waals surface area contributed by atoms with E-state index in [0.717, 1.165) is 16.6 Å². The summed E-state index contributed by atoms with van der Waals surface area (Å²) in [4.78, 5) is 21.4. The number of nitrogens with zero attached hydrogens (tertiary/aromatic N) is 4. The van der Waals surface area contributed by atoms with Gasteiger partial charge in [0.15, 0.2) is 5.16 Å². The van der Waals surface area contributed by atoms with E-state index in [9.17, 15) is 4.79 Å². The number of nitriles is 2. The molecule has 0 radical (unpaired) electrons. The number of hydrogen-bond donors (Lipinski definition) is 1. The molecule has 1 amide bonds. The maximum absolute atomic E-state index is 12.2. The number of benzene rings is 1. The summed E-state index contributed by atoms with van der Waals surface area (Å²) >= 11 is 1.33. The molecule has 2 aromatic rings. The number of aromatic amines is 1. The largest absolute Gasteiger partial charge is 0.340 e. The van der Waals surface area contributed by atoms with E-state index in [4.69, 9.17) is 10.5 Å². The molecule has 1 aromatic heterocycles. The highest BCUT2D eigenvalue weighted by Gasteiger charge is 2.14. The molecule has 0 atom stereocenters. The van der Waals surface area contributed by atoms with Crippen LogP contribution in [0.3, 0.4) is 0 Å². The van der Waals surface area contributed by atoms with Gasteiger partial charge in [-0.1, -0.05) is 17.8 Å². The Hall–Kier alpha value is -2.51. The van der Waals surface area contributed by atoms with Crippen LogP contribution in [0.25, 0.3) is 11.0 Å². The molecular formula is C16H17N5OS. The van der Waals surface area contributed by atoms with Crippen molar-refractivity contribution in [3.8, 4) is 12.1 Å². The number of H-pyrrole nitrogens is 1. The van der Waals surface area contributed by atoms with E-state index in [1.807, 2.05) is 37.3 Å². The number of aryl methyl sites for hydroxylation is 1. The molecular weight excluding hydrogens is 310 g/mol. The van der Waals surface area contributed by atoms with Crippen molar-refractivity contribution < 1.29 is 4.79 Å². The predicted octanol–water partition coefficient (Wildman–Crippen LogP) is 2.62. The molecule has 1 N–H and O–H groups in total. The molecule has 2 rings (SSSR count). The topological polar surface area (TPSA) is 96.6 Å². The lowest BCUT2D eigenvalue weighted by molar-refractivity contribution is -0.128. The van der Waals surface area contributed by atoms with Crippen molar-refractivity contribution in [2.24, 2.45) is 0 Å². The zero-order valence-electron chi connectivity index (χ0n) is 12.9. The third-order valence-corrected chi connectivity index (χ3v) is 4.15. The summed E-state index contributed by atoms with van der Waals surface area (Å²) in [5, 5.41) is 18.0. The van der Waals surface area contributed by atoms with Crippen molar-refractivity contribution in [1.29, 1.82) is 10.5 Å². The molecule has 0 aliphatic rings. The third-order valence-electron chi connectivity index (χ3n) is 3.29. The number of fused-ring (bicyclic) bond motifs is 1. The predicted molar refractivity (Wildman–Crippen MR) is 88.6 cm³/mol. The fraction of sp³-hybridized carbons (Fsp3) is 0.375. The van der Waals surface area contributed by atoms with Crippen LogP contribution in [0.5, 0.6) is 0 Å². The average molecular weight is 327 g/mol. The molecule has 1 aromatic carbocycles. The summed E-state index contributed by atoms with van der Waals surface area (Å²) in [6, 6.07) is 10.0. The van der Waals surface area contributed by atoms with Crippen molar-refractivity contribution in [2.75, 3.05) is 18.8 Å². The molecule has 0 fully saturated rings. The second-order valence-electron chi connectivity index (χ2n) is 5.05. The first-order chi connectivity index (χ1) is 11.1. The molecule has 0 saturated carbocycles. The van der Waals surface area contributed by atoms with Crippen molar-refractivity contribution in [3.63, 3.8) is 0 Å². The van der Waals surface area contributed by atoms with E-state index in [-0.39, 0.29) is 24.5 Å². The summed E-state index contributed by atoms with van der Waals surface area (Å²) in [6.07, 6.45) is 0.539. The Labute approximate surface area is 139 Å². The highest BCUT2D eigenvalue weighted by molar-refractivity contribution is 7.99. The van der Waals surface area contributed by atoms with Crippen molar-refractivity contribution in [1.82, 2.24) is 14.9 Å². The van der Waals surface area contributed by atoms with Crippen LogP contribution < -0.4 is 0 Å². The van der Waals surface area contributed by atoms with Gasteiger partial charge in [0.25, 0.3) is 0 Å². The zero-order chi connectivity index (χ0) is 16.7. The van der Waals surface area contributed by atoms with Crippen LogP contribution in [-0.4, -0.2) is 39.6 Å². The number of aromatic nitrogens is 2. The van der Waals surface area contributed by atoms with Crippen molar-refractivity contribution in [3.05, 3.63) is 23.8 Å². The molecule has 23 heavy (non-hydrogen) atoms. The van der Waals surface area contributed by atoms with Gasteiger partial charge in [-0.25, -0.2) is 4.98 Å². The molecule has 1 heterocycles. The first kappa shape index (κ1) is 16.9. The van der Waals surface area contributed by atoms with Gasteiger partial charge in [-0.05, 0) is 24.6 Å². The smallest absolute Gasteiger partial charge is 0.233 e. The Kier molecular flexibility index (Phi) is 6.02. The number of rotatable bonds is 7. The van der Waals surface area contributed by atoms with Gasteiger partial charge >= 0.3 is 0 Å². The van der Waals surface area contributed by atoms with Gasteiger partial charge in [-0.3, -0.25) is 4.79 Å². The minimum Gasteiger partial charge on any atom is -0.340 e. The number of imidazole rings is 1. The van der Waals surface area contributed by atoms with Gasteiger partial charge in [0, 0.05) is 13.1 Å². The van der Waals surface area contributed by atoms with E-state index in [1.54, 1.807) is 4.90 Å². The van der Waals surface area contributed by atoms with Crippen LogP contribution in [0.15, 0.2) is 23.4 Å². The highest BCUT2D eigenvalue weighted by Crippen LogP contribution is 2.20. The Bertz CT molecular complexity index is 753. The van der Waals surface area contributed by atoms with Crippen LogP contribution in [0.4, 0.5) is 0 Å². The molecule has 0 bridgehead atoms. The van der Waals surface area contributed by atoms with Crippen LogP contribution in [0.2, 0.25) is 0 Å². The molecule has 0 aliphatic heterocycles. The quantitative estimate of drug-likeness (QED) is 0.788. The van der Waals surface area contributed by atoms with Crippen LogP contribution in [-0.2, 0) is 4.79 Å². The number of thioether (sulfide) groups is 1. The van der Waals surface area contributed by atoms with E-state index < -0.39 is 0 Å². The van der Waals surface area contributed by atoms with Crippen LogP contribution >= 0.6 is 11.8 Å². The van der Waals surface area contributed by atoms with Gasteiger partial charge in [-0.15, -0.1) is 0 Å². The molecule has 0 aliphatic carbocycles. The standard InChI is InChI=1S/C16H17N5OS/c1-12-4-5-13-14(10-12)20-16(19-13)23-11-15(22)21(8-2-6-17)9-3-7-18/h4-5,10H,2-3,8-9,11H2,1H3,(H,19,20). The number of carbonyl (C=O) groups is 1. The second-order valence-corrected chi connectivity index (χ2v) is 6.01. The van der Waals surface area contributed by atoms with E-state index in [1.165, 1.54) is 11.8 Å². The number of carbonyl (C=O) groups excluding carboxylic acids is 1. The highest BCUT2D eigenvalue weighted by atomic mass is 32.2. The van der Waals surface area contributed by atoms with E-state index >= 15 is 0 Å². The lowest BCUT2D eigenvalue weighted by atomic mass is 10.2. The van der Waals surface area contributed by atoms with Gasteiger partial charge in [0.2, 0.25) is 5.91 Å². The fourth-order valence-electron chi connectivity index (χ4n) is 2.12. The summed E-state index contributed by atoms with van der Waals surface area (Å²) in [7, 11) is 0. The lowest BCUT2D eigenvalue weighted by Gasteiger charge is -2.19. The van der Waals surface area contributed by atoms with Gasteiger partial charge in [0.1, 0.15) is 0 Å². The molecule has 0 saturated heterocycles. The lowest BCUT2D eigenvalue weighted by Crippen LogP contribution is -2.34. The Morgan fingerprint density at radius 3 is 2.65 bits per heavy atom. The molecule has 0 spiro atoms. The maximum Gasteiger partial charge on any atom is 0.233 e. The van der Waals surface area contributed by atoms with Crippen LogP contribution in [0.1, 0.15) is 18.4 Å². The summed E-state index contributed by atoms with van der Waals surface area (Å²) in [6.45, 7) is 2.73. The number of hydrogen-bond acceptors (Lipinski definition) is 5. The summed E-state index contributed by atoms with van der Waals surface area (Å²) in [5.41, 5.74) is 2.97. The second kappa shape index (κ2) is 8.21. The molecule has 0 unspecified atom stereocenters.